The normalized spacial score (nSPS) is 11.9. The standard InChI is InChI=1S/C13H12BrF3N2/c1-8-9(2)19(7-18-8)12-4-3-10(6-14)5-11(12)13(15,16)17/h3-5,7H,6H2,1-2H3. The third-order valence-electron chi connectivity index (χ3n) is 3.03. The number of hydrogen-bond acceptors (Lipinski definition) is 1. The molecule has 0 spiro atoms. The topological polar surface area (TPSA) is 17.8 Å². The summed E-state index contributed by atoms with van der Waals surface area (Å²) >= 11 is 3.17. The first kappa shape index (κ1) is 14.1. The third-order valence-corrected chi connectivity index (χ3v) is 3.68. The maximum atomic E-state index is 13.1. The number of aromatic nitrogens is 2. The summed E-state index contributed by atoms with van der Waals surface area (Å²) in [5.74, 6) is 0. The molecule has 0 N–H and O–H groups in total. The van der Waals surface area contributed by atoms with Crippen LogP contribution in [0.3, 0.4) is 0 Å². The van der Waals surface area contributed by atoms with Crippen LogP contribution in [0.5, 0.6) is 0 Å². The molecule has 0 aliphatic carbocycles. The molecule has 0 saturated carbocycles. The van der Waals surface area contributed by atoms with Crippen LogP contribution < -0.4 is 0 Å². The molecular formula is C13H12BrF3N2. The van der Waals surface area contributed by atoms with Gasteiger partial charge in [-0.25, -0.2) is 4.98 Å². The van der Waals surface area contributed by atoms with Gasteiger partial charge in [0.15, 0.2) is 0 Å². The zero-order valence-electron chi connectivity index (χ0n) is 10.4. The van der Waals surface area contributed by atoms with E-state index < -0.39 is 11.7 Å². The van der Waals surface area contributed by atoms with Crippen LogP contribution in [0.25, 0.3) is 5.69 Å². The van der Waals surface area contributed by atoms with Gasteiger partial charge in [0.1, 0.15) is 0 Å². The molecule has 0 fully saturated rings. The van der Waals surface area contributed by atoms with Gasteiger partial charge in [0.05, 0.1) is 23.3 Å². The van der Waals surface area contributed by atoms with Gasteiger partial charge in [-0.15, -0.1) is 0 Å². The molecule has 1 aromatic carbocycles. The average molecular weight is 333 g/mol. The Labute approximate surface area is 117 Å². The molecule has 0 aliphatic heterocycles. The van der Waals surface area contributed by atoms with Gasteiger partial charge < -0.3 is 4.57 Å². The summed E-state index contributed by atoms with van der Waals surface area (Å²) in [6, 6.07) is 4.32. The van der Waals surface area contributed by atoms with Crippen LogP contribution in [0, 0.1) is 13.8 Å². The van der Waals surface area contributed by atoms with Gasteiger partial charge in [-0.3, -0.25) is 0 Å². The minimum atomic E-state index is -4.39. The number of nitrogens with zero attached hydrogens (tertiary/aromatic N) is 2. The summed E-state index contributed by atoms with van der Waals surface area (Å²) in [6.45, 7) is 3.52. The first-order valence-corrected chi connectivity index (χ1v) is 6.73. The molecule has 19 heavy (non-hydrogen) atoms. The molecule has 0 amide bonds. The van der Waals surface area contributed by atoms with E-state index in [0.717, 1.165) is 5.69 Å². The van der Waals surface area contributed by atoms with Crippen molar-refractivity contribution in [1.82, 2.24) is 9.55 Å². The molecule has 0 saturated heterocycles. The molecule has 0 radical (unpaired) electrons. The highest BCUT2D eigenvalue weighted by Gasteiger charge is 2.34. The van der Waals surface area contributed by atoms with E-state index in [1.54, 1.807) is 19.9 Å². The van der Waals surface area contributed by atoms with Crippen LogP contribution in [0.1, 0.15) is 22.5 Å². The summed E-state index contributed by atoms with van der Waals surface area (Å²) in [6.07, 6.45) is -2.97. The fraction of sp³-hybridized carbons (Fsp3) is 0.308. The van der Waals surface area contributed by atoms with Gasteiger partial charge in [0, 0.05) is 11.0 Å². The molecule has 0 atom stereocenters. The Kier molecular flexibility index (Phi) is 3.71. The number of aryl methyl sites for hydroxylation is 1. The van der Waals surface area contributed by atoms with Gasteiger partial charge in [-0.05, 0) is 31.5 Å². The molecule has 0 bridgehead atoms. The largest absolute Gasteiger partial charge is 0.418 e. The predicted molar refractivity (Wildman–Crippen MR) is 70.7 cm³/mol. The first-order valence-electron chi connectivity index (χ1n) is 5.61. The Morgan fingerprint density at radius 1 is 1.26 bits per heavy atom. The molecule has 1 heterocycles. The minimum Gasteiger partial charge on any atom is -0.303 e. The smallest absolute Gasteiger partial charge is 0.303 e. The number of imidazole rings is 1. The summed E-state index contributed by atoms with van der Waals surface area (Å²) < 4.78 is 40.9. The lowest BCUT2D eigenvalue weighted by Gasteiger charge is -2.15. The number of benzene rings is 1. The van der Waals surface area contributed by atoms with Crippen LogP contribution >= 0.6 is 15.9 Å². The zero-order valence-corrected chi connectivity index (χ0v) is 12.0. The van der Waals surface area contributed by atoms with Gasteiger partial charge in [-0.2, -0.15) is 13.2 Å². The highest BCUT2D eigenvalue weighted by Crippen LogP contribution is 2.35. The summed E-state index contributed by atoms with van der Waals surface area (Å²) in [5.41, 5.74) is 1.47. The van der Waals surface area contributed by atoms with Crippen molar-refractivity contribution in [3.63, 3.8) is 0 Å². The number of halogens is 4. The summed E-state index contributed by atoms with van der Waals surface area (Å²) in [7, 11) is 0. The van der Waals surface area contributed by atoms with Crippen molar-refractivity contribution in [2.24, 2.45) is 0 Å². The lowest BCUT2D eigenvalue weighted by Crippen LogP contribution is -2.11. The van der Waals surface area contributed by atoms with Gasteiger partial charge in [0.25, 0.3) is 0 Å². The van der Waals surface area contributed by atoms with E-state index in [1.165, 1.54) is 23.0 Å². The van der Waals surface area contributed by atoms with Crippen LogP contribution in [0.15, 0.2) is 24.5 Å². The third kappa shape index (κ3) is 2.68. The highest BCUT2D eigenvalue weighted by molar-refractivity contribution is 9.08. The van der Waals surface area contributed by atoms with Gasteiger partial charge in [-0.1, -0.05) is 22.0 Å². The van der Waals surface area contributed by atoms with E-state index in [9.17, 15) is 13.2 Å². The van der Waals surface area contributed by atoms with E-state index in [-0.39, 0.29) is 5.69 Å². The quantitative estimate of drug-likeness (QED) is 0.745. The van der Waals surface area contributed by atoms with Gasteiger partial charge in [0.2, 0.25) is 0 Å². The molecule has 2 nitrogen and oxygen atoms in total. The van der Waals surface area contributed by atoms with Crippen molar-refractivity contribution >= 4 is 15.9 Å². The van der Waals surface area contributed by atoms with Crippen LogP contribution in [0.2, 0.25) is 0 Å². The van der Waals surface area contributed by atoms with Crippen molar-refractivity contribution in [3.8, 4) is 5.69 Å². The SMILES string of the molecule is Cc1ncn(-c2ccc(CBr)cc2C(F)(F)F)c1C. The molecule has 2 rings (SSSR count). The van der Waals surface area contributed by atoms with Crippen molar-refractivity contribution in [1.29, 1.82) is 0 Å². The molecule has 0 aliphatic rings. The fourth-order valence-corrected chi connectivity index (χ4v) is 2.19. The van der Waals surface area contributed by atoms with Crippen molar-refractivity contribution in [2.45, 2.75) is 25.4 Å². The Balaban J connectivity index is 2.66. The van der Waals surface area contributed by atoms with Crippen molar-refractivity contribution in [2.75, 3.05) is 0 Å². The van der Waals surface area contributed by atoms with E-state index in [4.69, 9.17) is 0 Å². The molecule has 102 valence electrons. The highest BCUT2D eigenvalue weighted by atomic mass is 79.9. The molecule has 6 heteroatoms. The maximum absolute atomic E-state index is 13.1. The van der Waals surface area contributed by atoms with E-state index in [2.05, 4.69) is 20.9 Å². The Bertz CT molecular complexity index is 602. The summed E-state index contributed by atoms with van der Waals surface area (Å²) in [4.78, 5) is 4.04. The van der Waals surface area contributed by atoms with Crippen LogP contribution in [-0.2, 0) is 11.5 Å². The van der Waals surface area contributed by atoms with E-state index in [1.807, 2.05) is 0 Å². The first-order chi connectivity index (χ1) is 8.84. The fourth-order valence-electron chi connectivity index (χ4n) is 1.84. The second-order valence-corrected chi connectivity index (χ2v) is 4.83. The molecule has 1 aromatic heterocycles. The number of hydrogen-bond donors (Lipinski definition) is 0. The van der Waals surface area contributed by atoms with E-state index in [0.29, 0.717) is 16.6 Å². The lowest BCUT2D eigenvalue weighted by molar-refractivity contribution is -0.137. The summed E-state index contributed by atoms with van der Waals surface area (Å²) in [5, 5.41) is 0.387. The molecule has 0 unspecified atom stereocenters. The molecule has 2 aromatic rings. The Morgan fingerprint density at radius 3 is 2.42 bits per heavy atom. The maximum Gasteiger partial charge on any atom is 0.418 e. The number of alkyl halides is 4. The molecular weight excluding hydrogens is 321 g/mol. The average Bonchev–Trinajstić information content (AvgIpc) is 2.68. The Morgan fingerprint density at radius 2 is 1.95 bits per heavy atom. The lowest BCUT2D eigenvalue weighted by atomic mass is 10.1. The monoisotopic (exact) mass is 332 g/mol. The van der Waals surface area contributed by atoms with Crippen LogP contribution in [0.4, 0.5) is 13.2 Å². The predicted octanol–water partition coefficient (Wildman–Crippen LogP) is 4.40. The van der Waals surface area contributed by atoms with Crippen LogP contribution in [-0.4, -0.2) is 9.55 Å². The number of rotatable bonds is 2. The second kappa shape index (κ2) is 5.00. The minimum absolute atomic E-state index is 0.107. The van der Waals surface area contributed by atoms with Crippen molar-refractivity contribution in [3.05, 3.63) is 47.0 Å². The second-order valence-electron chi connectivity index (χ2n) is 4.27. The Hall–Kier alpha value is -1.30. The van der Waals surface area contributed by atoms with E-state index >= 15 is 0 Å². The van der Waals surface area contributed by atoms with Crippen molar-refractivity contribution < 1.29 is 13.2 Å². The zero-order chi connectivity index (χ0) is 14.2. The van der Waals surface area contributed by atoms with Gasteiger partial charge >= 0.3 is 6.18 Å².